The van der Waals surface area contributed by atoms with Gasteiger partial charge in [-0.15, -0.1) is 0 Å². The van der Waals surface area contributed by atoms with Gasteiger partial charge in [0.15, 0.2) is 0 Å². The topological polar surface area (TPSA) is 73.9 Å². The first-order chi connectivity index (χ1) is 16.1. The van der Waals surface area contributed by atoms with Crippen molar-refractivity contribution >= 4 is 12.1 Å². The number of carbonyl (C=O) groups excluding carboxylic acids is 2. The molecule has 6 nitrogen and oxygen atoms in total. The van der Waals surface area contributed by atoms with E-state index in [0.717, 1.165) is 24.2 Å². The quantitative estimate of drug-likeness (QED) is 0.579. The first kappa shape index (κ1) is 25.6. The highest BCUT2D eigenvalue weighted by atomic mass is 16.6. The van der Waals surface area contributed by atoms with E-state index in [4.69, 9.17) is 14.2 Å². The Morgan fingerprint density at radius 3 is 2.38 bits per heavy atom. The fraction of sp³-hybridized carbons (Fsp3) is 0.500. The predicted octanol–water partition coefficient (Wildman–Crippen LogP) is 5.61. The van der Waals surface area contributed by atoms with Crippen LogP contribution < -0.4 is 10.1 Å². The summed E-state index contributed by atoms with van der Waals surface area (Å²) in [7, 11) is 0. The second kappa shape index (κ2) is 11.4. The summed E-state index contributed by atoms with van der Waals surface area (Å²) >= 11 is 0. The number of esters is 1. The fourth-order valence-corrected chi connectivity index (χ4v) is 4.21. The molecular formula is C28H37NO5. The van der Waals surface area contributed by atoms with E-state index >= 15 is 0 Å². The van der Waals surface area contributed by atoms with Crippen LogP contribution in [0.25, 0.3) is 0 Å². The van der Waals surface area contributed by atoms with Crippen LogP contribution in [0.2, 0.25) is 0 Å². The molecule has 6 heteroatoms. The van der Waals surface area contributed by atoms with Crippen LogP contribution in [0.5, 0.6) is 5.75 Å². The van der Waals surface area contributed by atoms with Crippen molar-refractivity contribution in [2.75, 3.05) is 0 Å². The van der Waals surface area contributed by atoms with E-state index in [-0.39, 0.29) is 12.0 Å². The summed E-state index contributed by atoms with van der Waals surface area (Å²) in [5.74, 6) is 0.315. The van der Waals surface area contributed by atoms with E-state index in [0.29, 0.717) is 12.8 Å². The average molecular weight is 468 g/mol. The number of hydrogen-bond acceptors (Lipinski definition) is 5. The Morgan fingerprint density at radius 2 is 1.74 bits per heavy atom. The number of ether oxygens (including phenoxy) is 3. The van der Waals surface area contributed by atoms with Gasteiger partial charge in [0.1, 0.15) is 29.6 Å². The first-order valence-electron chi connectivity index (χ1n) is 12.1. The van der Waals surface area contributed by atoms with Crippen molar-refractivity contribution in [3.8, 4) is 5.75 Å². The molecule has 0 bridgehead atoms. The minimum absolute atomic E-state index is 0.0482. The molecule has 2 aromatic rings. The predicted molar refractivity (Wildman–Crippen MR) is 132 cm³/mol. The Hall–Kier alpha value is -3.02. The Morgan fingerprint density at radius 1 is 1.06 bits per heavy atom. The minimum atomic E-state index is -0.757. The SMILES string of the molecule is Cc1ccc(O[C@H]2CCC[C@H](NC(=O)OC(C)(C)C)C(=O)O[C@@H](C)[C@@H]2Cc2ccccc2)cc1. The van der Waals surface area contributed by atoms with Gasteiger partial charge in [-0.2, -0.15) is 0 Å². The summed E-state index contributed by atoms with van der Waals surface area (Å²) in [6.07, 6.45) is 1.44. The summed E-state index contributed by atoms with van der Waals surface area (Å²) in [5.41, 5.74) is 1.68. The second-order valence-corrected chi connectivity index (χ2v) is 10.1. The van der Waals surface area contributed by atoms with Crippen LogP contribution in [0.1, 0.15) is 58.1 Å². The average Bonchev–Trinajstić information content (AvgIpc) is 2.80. The van der Waals surface area contributed by atoms with Gasteiger partial charge in [0.25, 0.3) is 0 Å². The van der Waals surface area contributed by atoms with Crippen molar-refractivity contribution in [2.45, 2.75) is 84.2 Å². The minimum Gasteiger partial charge on any atom is -0.490 e. The maximum atomic E-state index is 13.0. The van der Waals surface area contributed by atoms with E-state index in [1.807, 2.05) is 56.3 Å². The van der Waals surface area contributed by atoms with Gasteiger partial charge < -0.3 is 19.5 Å². The lowest BCUT2D eigenvalue weighted by atomic mass is 9.87. The summed E-state index contributed by atoms with van der Waals surface area (Å²) in [4.78, 5) is 25.3. The Bertz CT molecular complexity index is 936. The van der Waals surface area contributed by atoms with Gasteiger partial charge in [-0.3, -0.25) is 0 Å². The van der Waals surface area contributed by atoms with E-state index < -0.39 is 29.8 Å². The number of cyclic esters (lactones) is 1. The van der Waals surface area contributed by atoms with Crippen LogP contribution in [-0.4, -0.2) is 35.9 Å². The molecule has 0 spiro atoms. The second-order valence-electron chi connectivity index (χ2n) is 10.1. The van der Waals surface area contributed by atoms with Crippen LogP contribution in [0, 0.1) is 12.8 Å². The molecule has 3 rings (SSSR count). The molecule has 0 saturated carbocycles. The molecule has 1 N–H and O–H groups in total. The van der Waals surface area contributed by atoms with Gasteiger partial charge in [-0.05, 0) is 78.0 Å². The van der Waals surface area contributed by atoms with Crippen molar-refractivity contribution in [3.05, 3.63) is 65.7 Å². The molecule has 0 aliphatic carbocycles. The normalized spacial score (nSPS) is 23.6. The van der Waals surface area contributed by atoms with Gasteiger partial charge in [0.2, 0.25) is 0 Å². The van der Waals surface area contributed by atoms with Gasteiger partial charge >= 0.3 is 12.1 Å². The molecule has 1 heterocycles. The summed E-state index contributed by atoms with van der Waals surface area (Å²) in [5, 5.41) is 2.70. The van der Waals surface area contributed by atoms with Gasteiger partial charge in [0, 0.05) is 5.92 Å². The third-order valence-electron chi connectivity index (χ3n) is 5.96. The lowest BCUT2D eigenvalue weighted by molar-refractivity contribution is -0.154. The number of nitrogens with one attached hydrogen (secondary N) is 1. The van der Waals surface area contributed by atoms with E-state index in [2.05, 4.69) is 17.4 Å². The van der Waals surface area contributed by atoms with Crippen molar-refractivity contribution < 1.29 is 23.8 Å². The largest absolute Gasteiger partial charge is 0.490 e. The molecule has 4 atom stereocenters. The number of rotatable bonds is 5. The number of carbonyl (C=O) groups is 2. The third-order valence-corrected chi connectivity index (χ3v) is 5.96. The smallest absolute Gasteiger partial charge is 0.408 e. The van der Waals surface area contributed by atoms with E-state index in [1.165, 1.54) is 5.56 Å². The standard InChI is InChI=1S/C28H37NO5/c1-19-14-16-22(17-15-19)33-25-13-9-12-24(29-27(31)34-28(3,4)5)26(30)32-20(2)23(25)18-21-10-7-6-8-11-21/h6-8,10-11,14-17,20,23-25H,9,12-13,18H2,1-5H3,(H,29,31)/t20-,23-,24-,25-/m0/s1. The van der Waals surface area contributed by atoms with Crippen LogP contribution >= 0.6 is 0 Å². The highest BCUT2D eigenvalue weighted by molar-refractivity contribution is 5.81. The molecule has 1 aliphatic rings. The first-order valence-corrected chi connectivity index (χ1v) is 12.1. The molecule has 1 amide bonds. The molecule has 1 saturated heterocycles. The van der Waals surface area contributed by atoms with Crippen LogP contribution in [0.15, 0.2) is 54.6 Å². The molecular weight excluding hydrogens is 430 g/mol. The molecule has 0 radical (unpaired) electrons. The Balaban J connectivity index is 1.80. The van der Waals surface area contributed by atoms with Gasteiger partial charge in [-0.25, -0.2) is 9.59 Å². The van der Waals surface area contributed by atoms with Crippen molar-refractivity contribution in [1.29, 1.82) is 0 Å². The molecule has 1 aliphatic heterocycles. The molecule has 0 aromatic heterocycles. The maximum Gasteiger partial charge on any atom is 0.408 e. The highest BCUT2D eigenvalue weighted by Crippen LogP contribution is 2.29. The molecule has 34 heavy (non-hydrogen) atoms. The zero-order valence-corrected chi connectivity index (χ0v) is 20.9. The molecule has 1 fully saturated rings. The summed E-state index contributed by atoms with van der Waals surface area (Å²) in [6.45, 7) is 9.32. The van der Waals surface area contributed by atoms with Crippen molar-refractivity contribution in [2.24, 2.45) is 5.92 Å². The zero-order valence-electron chi connectivity index (χ0n) is 20.9. The summed E-state index contributed by atoms with van der Waals surface area (Å²) in [6, 6.07) is 17.4. The molecule has 2 aromatic carbocycles. The number of hydrogen-bond donors (Lipinski definition) is 1. The van der Waals surface area contributed by atoms with Gasteiger partial charge in [0.05, 0.1) is 0 Å². The fourth-order valence-electron chi connectivity index (χ4n) is 4.21. The Kier molecular flexibility index (Phi) is 8.59. The zero-order chi connectivity index (χ0) is 24.7. The Labute approximate surface area is 203 Å². The van der Waals surface area contributed by atoms with Crippen LogP contribution in [0.4, 0.5) is 4.79 Å². The highest BCUT2D eigenvalue weighted by Gasteiger charge is 2.36. The lowest BCUT2D eigenvalue weighted by Gasteiger charge is -2.31. The molecule has 0 unspecified atom stereocenters. The van der Waals surface area contributed by atoms with Crippen molar-refractivity contribution in [1.82, 2.24) is 5.32 Å². The molecule has 184 valence electrons. The monoisotopic (exact) mass is 467 g/mol. The summed E-state index contributed by atoms with van der Waals surface area (Å²) < 4.78 is 17.7. The van der Waals surface area contributed by atoms with Crippen LogP contribution in [-0.2, 0) is 20.7 Å². The van der Waals surface area contributed by atoms with Crippen LogP contribution in [0.3, 0.4) is 0 Å². The van der Waals surface area contributed by atoms with E-state index in [1.54, 1.807) is 20.8 Å². The lowest BCUT2D eigenvalue weighted by Crippen LogP contribution is -2.45. The number of amides is 1. The maximum absolute atomic E-state index is 13.0. The van der Waals surface area contributed by atoms with Crippen molar-refractivity contribution in [3.63, 3.8) is 0 Å². The number of alkyl carbamates (subject to hydrolysis) is 1. The third kappa shape index (κ3) is 7.79. The number of aryl methyl sites for hydroxylation is 1. The number of benzene rings is 2. The van der Waals surface area contributed by atoms with Gasteiger partial charge in [-0.1, -0.05) is 48.0 Å². The van der Waals surface area contributed by atoms with E-state index in [9.17, 15) is 9.59 Å².